The quantitative estimate of drug-likeness (QED) is 0.717. The van der Waals surface area contributed by atoms with Gasteiger partial charge in [0.05, 0.1) is 13.5 Å². The molecule has 3 heteroatoms. The van der Waals surface area contributed by atoms with E-state index in [4.69, 9.17) is 0 Å². The van der Waals surface area contributed by atoms with Gasteiger partial charge in [0.15, 0.2) is 0 Å². The highest BCUT2D eigenvalue weighted by atomic mass is 19.1. The molecule has 2 nitrogen and oxygen atoms in total. The first kappa shape index (κ1) is 12.7. The predicted octanol–water partition coefficient (Wildman–Crippen LogP) is 3.27. The monoisotopic (exact) mass is 224 g/mol. The Morgan fingerprint density at radius 2 is 2.00 bits per heavy atom. The van der Waals surface area contributed by atoms with Gasteiger partial charge in [0.1, 0.15) is 5.82 Å². The van der Waals surface area contributed by atoms with Crippen molar-refractivity contribution in [3.05, 3.63) is 35.6 Å². The second-order valence-electron chi connectivity index (χ2n) is 3.82. The fraction of sp³-hybridized carbons (Fsp3) is 0.462. The summed E-state index contributed by atoms with van der Waals surface area (Å²) in [7, 11) is 1.38. The lowest BCUT2D eigenvalue weighted by Gasteiger charge is -2.15. The van der Waals surface area contributed by atoms with Crippen molar-refractivity contribution in [1.82, 2.24) is 0 Å². The second-order valence-corrected chi connectivity index (χ2v) is 3.82. The number of hydrogen-bond donors (Lipinski definition) is 0. The molecular formula is C13H17FO2. The summed E-state index contributed by atoms with van der Waals surface area (Å²) >= 11 is 0. The van der Waals surface area contributed by atoms with E-state index in [-0.39, 0.29) is 17.7 Å². The Morgan fingerprint density at radius 3 is 2.50 bits per heavy atom. The molecule has 0 fully saturated rings. The van der Waals surface area contributed by atoms with Gasteiger partial charge in [-0.1, -0.05) is 25.5 Å². The lowest BCUT2D eigenvalue weighted by Crippen LogP contribution is -2.08. The summed E-state index contributed by atoms with van der Waals surface area (Å²) in [6, 6.07) is 6.32. The molecule has 0 spiro atoms. The summed E-state index contributed by atoms with van der Waals surface area (Å²) in [6.07, 6.45) is 2.25. The number of benzene rings is 1. The van der Waals surface area contributed by atoms with Gasteiger partial charge in [-0.2, -0.15) is 0 Å². The fourth-order valence-corrected chi connectivity index (χ4v) is 1.75. The van der Waals surface area contributed by atoms with Crippen LogP contribution in [0.25, 0.3) is 0 Å². The normalized spacial score (nSPS) is 12.2. The van der Waals surface area contributed by atoms with Crippen LogP contribution >= 0.6 is 0 Å². The molecule has 88 valence electrons. The van der Waals surface area contributed by atoms with Crippen LogP contribution < -0.4 is 0 Å². The maximum absolute atomic E-state index is 12.8. The number of carbonyl (C=O) groups excluding carboxylic acids is 1. The summed E-state index contributed by atoms with van der Waals surface area (Å²) in [5.74, 6) is -0.349. The van der Waals surface area contributed by atoms with Gasteiger partial charge in [-0.3, -0.25) is 4.79 Å². The number of hydrogen-bond acceptors (Lipinski definition) is 2. The summed E-state index contributed by atoms with van der Waals surface area (Å²) < 4.78 is 17.4. The summed E-state index contributed by atoms with van der Waals surface area (Å²) in [5.41, 5.74) is 0.994. The van der Waals surface area contributed by atoms with E-state index in [0.29, 0.717) is 6.42 Å². The second kappa shape index (κ2) is 6.26. The summed E-state index contributed by atoms with van der Waals surface area (Å²) in [6.45, 7) is 2.06. The van der Waals surface area contributed by atoms with Crippen LogP contribution in [-0.2, 0) is 9.53 Å². The van der Waals surface area contributed by atoms with Crippen LogP contribution in [-0.4, -0.2) is 13.1 Å². The van der Waals surface area contributed by atoms with Crippen LogP contribution in [0.5, 0.6) is 0 Å². The van der Waals surface area contributed by atoms with Crippen molar-refractivity contribution in [1.29, 1.82) is 0 Å². The van der Waals surface area contributed by atoms with E-state index in [1.165, 1.54) is 19.2 Å². The van der Waals surface area contributed by atoms with Crippen molar-refractivity contribution in [2.45, 2.75) is 32.1 Å². The summed E-state index contributed by atoms with van der Waals surface area (Å²) in [4.78, 5) is 11.2. The third kappa shape index (κ3) is 3.65. The zero-order valence-electron chi connectivity index (χ0n) is 9.70. The van der Waals surface area contributed by atoms with E-state index in [1.807, 2.05) is 0 Å². The maximum Gasteiger partial charge on any atom is 0.306 e. The third-order valence-corrected chi connectivity index (χ3v) is 2.62. The lowest BCUT2D eigenvalue weighted by molar-refractivity contribution is -0.141. The van der Waals surface area contributed by atoms with E-state index >= 15 is 0 Å². The molecule has 1 atom stereocenters. The first-order valence-corrected chi connectivity index (χ1v) is 5.49. The Labute approximate surface area is 95.4 Å². The number of esters is 1. The van der Waals surface area contributed by atoms with Crippen molar-refractivity contribution in [3.8, 4) is 0 Å². The van der Waals surface area contributed by atoms with E-state index in [0.717, 1.165) is 18.4 Å². The van der Waals surface area contributed by atoms with Gasteiger partial charge in [0.2, 0.25) is 0 Å². The molecule has 1 aromatic carbocycles. The zero-order chi connectivity index (χ0) is 12.0. The molecule has 0 aliphatic carbocycles. The predicted molar refractivity (Wildman–Crippen MR) is 60.7 cm³/mol. The molecule has 0 aliphatic rings. The molecule has 0 radical (unpaired) electrons. The van der Waals surface area contributed by atoms with Crippen molar-refractivity contribution < 1.29 is 13.9 Å². The molecule has 16 heavy (non-hydrogen) atoms. The minimum atomic E-state index is -0.253. The van der Waals surface area contributed by atoms with E-state index in [2.05, 4.69) is 11.7 Å². The van der Waals surface area contributed by atoms with Crippen LogP contribution in [0.1, 0.15) is 37.7 Å². The third-order valence-electron chi connectivity index (χ3n) is 2.62. The molecule has 1 rings (SSSR count). The first-order valence-electron chi connectivity index (χ1n) is 5.49. The van der Waals surface area contributed by atoms with E-state index < -0.39 is 0 Å². The molecule has 0 aliphatic heterocycles. The van der Waals surface area contributed by atoms with Gasteiger partial charge in [-0.15, -0.1) is 0 Å². The molecule has 0 amide bonds. The minimum absolute atomic E-state index is 0.123. The molecule has 0 N–H and O–H groups in total. The highest BCUT2D eigenvalue weighted by Crippen LogP contribution is 2.25. The van der Waals surface area contributed by atoms with Crippen LogP contribution in [0.3, 0.4) is 0 Å². The number of methoxy groups -OCH3 is 1. The van der Waals surface area contributed by atoms with Crippen LogP contribution in [0.4, 0.5) is 4.39 Å². The van der Waals surface area contributed by atoms with Crippen molar-refractivity contribution >= 4 is 5.97 Å². The van der Waals surface area contributed by atoms with Gasteiger partial charge >= 0.3 is 5.97 Å². The van der Waals surface area contributed by atoms with E-state index in [1.54, 1.807) is 12.1 Å². The molecular weight excluding hydrogens is 207 g/mol. The molecule has 0 saturated heterocycles. The van der Waals surface area contributed by atoms with Gasteiger partial charge in [-0.05, 0) is 30.0 Å². The van der Waals surface area contributed by atoms with Crippen LogP contribution in [0.15, 0.2) is 24.3 Å². The van der Waals surface area contributed by atoms with E-state index in [9.17, 15) is 9.18 Å². The van der Waals surface area contributed by atoms with Gasteiger partial charge in [0.25, 0.3) is 0 Å². The van der Waals surface area contributed by atoms with Crippen molar-refractivity contribution in [3.63, 3.8) is 0 Å². The van der Waals surface area contributed by atoms with Gasteiger partial charge in [-0.25, -0.2) is 4.39 Å². The number of halogens is 1. The molecule has 0 saturated carbocycles. The molecule has 0 heterocycles. The number of ether oxygens (including phenoxy) is 1. The van der Waals surface area contributed by atoms with Gasteiger partial charge in [0, 0.05) is 0 Å². The topological polar surface area (TPSA) is 26.3 Å². The Morgan fingerprint density at radius 1 is 1.38 bits per heavy atom. The average molecular weight is 224 g/mol. The number of carbonyl (C=O) groups is 1. The Hall–Kier alpha value is -1.38. The molecule has 1 aromatic rings. The minimum Gasteiger partial charge on any atom is -0.469 e. The standard InChI is InChI=1S/C13H17FO2/c1-3-4-11(9-13(15)16-2)10-5-7-12(14)8-6-10/h5-8,11H,3-4,9H2,1-2H3. The Bertz CT molecular complexity index is 332. The van der Waals surface area contributed by atoms with Crippen LogP contribution in [0.2, 0.25) is 0 Å². The first-order chi connectivity index (χ1) is 7.67. The van der Waals surface area contributed by atoms with Crippen LogP contribution in [0, 0.1) is 5.82 Å². The SMILES string of the molecule is CCCC(CC(=O)OC)c1ccc(F)cc1. The Balaban J connectivity index is 2.76. The van der Waals surface area contributed by atoms with Gasteiger partial charge < -0.3 is 4.74 Å². The van der Waals surface area contributed by atoms with Crippen molar-refractivity contribution in [2.75, 3.05) is 7.11 Å². The lowest BCUT2D eigenvalue weighted by atomic mass is 9.91. The summed E-state index contributed by atoms with van der Waals surface area (Å²) in [5, 5.41) is 0. The zero-order valence-corrected chi connectivity index (χ0v) is 9.70. The molecule has 0 bridgehead atoms. The molecule has 1 unspecified atom stereocenters. The van der Waals surface area contributed by atoms with Crippen molar-refractivity contribution in [2.24, 2.45) is 0 Å². The Kier molecular flexibility index (Phi) is 4.96. The maximum atomic E-state index is 12.8. The number of rotatable bonds is 5. The average Bonchev–Trinajstić information content (AvgIpc) is 2.29. The fourth-order valence-electron chi connectivity index (χ4n) is 1.75. The molecule has 0 aromatic heterocycles. The highest BCUT2D eigenvalue weighted by Gasteiger charge is 2.15. The largest absolute Gasteiger partial charge is 0.469 e. The smallest absolute Gasteiger partial charge is 0.306 e. The highest BCUT2D eigenvalue weighted by molar-refractivity contribution is 5.70.